The van der Waals surface area contributed by atoms with Crippen molar-refractivity contribution in [2.45, 2.75) is 26.5 Å². The Bertz CT molecular complexity index is 763. The number of aromatic nitrogens is 1. The van der Waals surface area contributed by atoms with Gasteiger partial charge in [0.05, 0.1) is 17.3 Å². The summed E-state index contributed by atoms with van der Waals surface area (Å²) >= 11 is 1.65. The van der Waals surface area contributed by atoms with E-state index in [9.17, 15) is 4.39 Å². The lowest BCUT2D eigenvalue weighted by Crippen LogP contribution is -2.38. The first-order chi connectivity index (χ1) is 12.2. The van der Waals surface area contributed by atoms with Crippen molar-refractivity contribution in [3.05, 3.63) is 45.2 Å². The number of halogens is 1. The standard InChI is InChI=1S/C17H21FN4O2S/c1-11-22-15(9-25-11)3-4-20-17(19-2)21-7-12-5-14(18)6-13-8-23-10-24-16(12)13/h5-6,9H,3-4,7-8,10H2,1-2H3,(H2,19,20,21). The number of hydrogen-bond acceptors (Lipinski definition) is 5. The quantitative estimate of drug-likeness (QED) is 0.630. The third-order valence-electron chi connectivity index (χ3n) is 3.76. The molecule has 134 valence electrons. The summed E-state index contributed by atoms with van der Waals surface area (Å²) in [6.07, 6.45) is 0.820. The number of rotatable bonds is 5. The molecule has 6 nitrogen and oxygen atoms in total. The van der Waals surface area contributed by atoms with E-state index in [1.807, 2.05) is 6.92 Å². The summed E-state index contributed by atoms with van der Waals surface area (Å²) in [4.78, 5) is 8.62. The Balaban J connectivity index is 1.55. The van der Waals surface area contributed by atoms with Gasteiger partial charge >= 0.3 is 0 Å². The molecule has 25 heavy (non-hydrogen) atoms. The Kier molecular flexibility index (Phi) is 5.83. The molecule has 1 aromatic heterocycles. The van der Waals surface area contributed by atoms with Crippen molar-refractivity contribution in [3.63, 3.8) is 0 Å². The van der Waals surface area contributed by atoms with E-state index < -0.39 is 0 Å². The maximum Gasteiger partial charge on any atom is 0.191 e. The first-order valence-corrected chi connectivity index (χ1v) is 8.91. The third-order valence-corrected chi connectivity index (χ3v) is 4.58. The van der Waals surface area contributed by atoms with Crippen LogP contribution in [0.5, 0.6) is 5.75 Å². The number of nitrogens with one attached hydrogen (secondary N) is 2. The van der Waals surface area contributed by atoms with Crippen molar-refractivity contribution >= 4 is 17.3 Å². The molecular weight excluding hydrogens is 343 g/mol. The first kappa shape index (κ1) is 17.6. The number of hydrogen-bond donors (Lipinski definition) is 2. The highest BCUT2D eigenvalue weighted by Gasteiger charge is 2.17. The third kappa shape index (κ3) is 4.67. The van der Waals surface area contributed by atoms with Gasteiger partial charge in [0, 0.05) is 43.1 Å². The number of benzene rings is 1. The summed E-state index contributed by atoms with van der Waals surface area (Å²) in [5.74, 6) is 1.04. The van der Waals surface area contributed by atoms with Crippen LogP contribution in [0.3, 0.4) is 0 Å². The zero-order valence-electron chi connectivity index (χ0n) is 14.3. The van der Waals surface area contributed by atoms with Crippen LogP contribution in [0.15, 0.2) is 22.5 Å². The predicted molar refractivity (Wildman–Crippen MR) is 95.4 cm³/mol. The number of aliphatic imine (C=N–C) groups is 1. The van der Waals surface area contributed by atoms with Crippen LogP contribution in [-0.4, -0.2) is 31.3 Å². The summed E-state index contributed by atoms with van der Waals surface area (Å²) in [5, 5.41) is 9.55. The number of guanidine groups is 1. The van der Waals surface area contributed by atoms with Gasteiger partial charge in [-0.25, -0.2) is 9.37 Å². The van der Waals surface area contributed by atoms with E-state index in [1.54, 1.807) is 18.4 Å². The fraction of sp³-hybridized carbons (Fsp3) is 0.412. The average molecular weight is 364 g/mol. The smallest absolute Gasteiger partial charge is 0.191 e. The van der Waals surface area contributed by atoms with Gasteiger partial charge in [-0.3, -0.25) is 4.99 Å². The Morgan fingerprint density at radius 3 is 3.04 bits per heavy atom. The highest BCUT2D eigenvalue weighted by Crippen LogP contribution is 2.29. The molecule has 3 rings (SSSR count). The van der Waals surface area contributed by atoms with Gasteiger partial charge in [0.15, 0.2) is 12.8 Å². The molecule has 0 radical (unpaired) electrons. The Hall–Kier alpha value is -2.19. The van der Waals surface area contributed by atoms with Crippen molar-refractivity contribution in [1.82, 2.24) is 15.6 Å². The molecule has 2 N–H and O–H groups in total. The van der Waals surface area contributed by atoms with Crippen molar-refractivity contribution < 1.29 is 13.9 Å². The lowest BCUT2D eigenvalue weighted by atomic mass is 10.1. The largest absolute Gasteiger partial charge is 0.467 e. The molecule has 0 saturated carbocycles. The molecule has 0 bridgehead atoms. The molecule has 1 aliphatic rings. The molecular formula is C17H21FN4O2S. The van der Waals surface area contributed by atoms with E-state index in [2.05, 4.69) is 26.0 Å². The van der Waals surface area contributed by atoms with Gasteiger partial charge in [-0.15, -0.1) is 11.3 Å². The van der Waals surface area contributed by atoms with Crippen LogP contribution in [-0.2, 0) is 24.3 Å². The fourth-order valence-electron chi connectivity index (χ4n) is 2.62. The van der Waals surface area contributed by atoms with E-state index >= 15 is 0 Å². The molecule has 0 fully saturated rings. The molecule has 2 heterocycles. The summed E-state index contributed by atoms with van der Waals surface area (Å²) in [6.45, 7) is 3.67. The van der Waals surface area contributed by atoms with Crippen LogP contribution in [0, 0.1) is 12.7 Å². The van der Waals surface area contributed by atoms with Crippen LogP contribution in [0.1, 0.15) is 21.8 Å². The maximum atomic E-state index is 13.8. The SMILES string of the molecule is CN=C(NCCc1csc(C)n1)NCc1cc(F)cc2c1OCOC2. The Morgan fingerprint density at radius 1 is 1.40 bits per heavy atom. The second-order valence-electron chi connectivity index (χ2n) is 5.62. The molecule has 1 aliphatic heterocycles. The summed E-state index contributed by atoms with van der Waals surface area (Å²) in [5.41, 5.74) is 2.54. The summed E-state index contributed by atoms with van der Waals surface area (Å²) in [6, 6.07) is 2.92. The zero-order valence-corrected chi connectivity index (χ0v) is 15.1. The molecule has 2 aromatic rings. The number of nitrogens with zero attached hydrogens (tertiary/aromatic N) is 2. The van der Waals surface area contributed by atoms with E-state index in [0.717, 1.165) is 28.2 Å². The lowest BCUT2D eigenvalue weighted by molar-refractivity contribution is -0.0172. The minimum Gasteiger partial charge on any atom is -0.467 e. The molecule has 1 aromatic carbocycles. The molecule has 8 heteroatoms. The second kappa shape index (κ2) is 8.26. The van der Waals surface area contributed by atoms with Crippen molar-refractivity contribution in [1.29, 1.82) is 0 Å². The number of thiazole rings is 1. The van der Waals surface area contributed by atoms with E-state index in [-0.39, 0.29) is 12.6 Å². The van der Waals surface area contributed by atoms with Gasteiger partial charge < -0.3 is 20.1 Å². The van der Waals surface area contributed by atoms with Crippen molar-refractivity contribution in [2.24, 2.45) is 4.99 Å². The molecule has 0 saturated heterocycles. The highest BCUT2D eigenvalue weighted by atomic mass is 32.1. The molecule has 0 spiro atoms. The van der Waals surface area contributed by atoms with E-state index in [1.165, 1.54) is 12.1 Å². The Labute approximate surface area is 150 Å². The van der Waals surface area contributed by atoms with Crippen LogP contribution >= 0.6 is 11.3 Å². The van der Waals surface area contributed by atoms with Gasteiger partial charge in [-0.05, 0) is 19.1 Å². The van der Waals surface area contributed by atoms with Crippen molar-refractivity contribution in [3.8, 4) is 5.75 Å². The van der Waals surface area contributed by atoms with Gasteiger partial charge in [0.2, 0.25) is 0 Å². The molecule has 0 atom stereocenters. The lowest BCUT2D eigenvalue weighted by Gasteiger charge is -2.21. The maximum absolute atomic E-state index is 13.8. The minimum atomic E-state index is -0.300. The van der Waals surface area contributed by atoms with Gasteiger partial charge in [0.25, 0.3) is 0 Å². The molecule has 0 amide bonds. The minimum absolute atomic E-state index is 0.186. The molecule has 0 aliphatic carbocycles. The van der Waals surface area contributed by atoms with Crippen LogP contribution in [0.25, 0.3) is 0 Å². The second-order valence-corrected chi connectivity index (χ2v) is 6.69. The molecule has 0 unspecified atom stereocenters. The average Bonchev–Trinajstić information content (AvgIpc) is 3.02. The van der Waals surface area contributed by atoms with Crippen molar-refractivity contribution in [2.75, 3.05) is 20.4 Å². The van der Waals surface area contributed by atoms with Crippen LogP contribution in [0.2, 0.25) is 0 Å². The van der Waals surface area contributed by atoms with Crippen LogP contribution in [0.4, 0.5) is 4.39 Å². The number of ether oxygens (including phenoxy) is 2. The number of fused-ring (bicyclic) bond motifs is 1. The predicted octanol–water partition coefficient (Wildman–Crippen LogP) is 2.36. The first-order valence-electron chi connectivity index (χ1n) is 8.03. The van der Waals surface area contributed by atoms with Gasteiger partial charge in [-0.2, -0.15) is 0 Å². The van der Waals surface area contributed by atoms with E-state index in [0.29, 0.717) is 31.4 Å². The normalized spacial score (nSPS) is 14.0. The van der Waals surface area contributed by atoms with Gasteiger partial charge in [0.1, 0.15) is 11.6 Å². The zero-order chi connectivity index (χ0) is 17.6. The fourth-order valence-corrected chi connectivity index (χ4v) is 3.27. The van der Waals surface area contributed by atoms with Crippen LogP contribution < -0.4 is 15.4 Å². The van der Waals surface area contributed by atoms with E-state index in [4.69, 9.17) is 9.47 Å². The topological polar surface area (TPSA) is 67.8 Å². The summed E-state index contributed by atoms with van der Waals surface area (Å²) < 4.78 is 24.5. The monoisotopic (exact) mass is 364 g/mol. The highest BCUT2D eigenvalue weighted by molar-refractivity contribution is 7.09. The summed E-state index contributed by atoms with van der Waals surface area (Å²) in [7, 11) is 1.70. The van der Waals surface area contributed by atoms with Gasteiger partial charge in [-0.1, -0.05) is 0 Å². The number of aryl methyl sites for hydroxylation is 1. The Morgan fingerprint density at radius 2 is 2.28 bits per heavy atom.